The molecule has 0 aliphatic carbocycles. The lowest BCUT2D eigenvalue weighted by Crippen LogP contribution is -2.28. The molecule has 0 aliphatic heterocycles. The van der Waals surface area contributed by atoms with Gasteiger partial charge in [-0.25, -0.2) is 9.59 Å². The molecule has 0 bridgehead atoms. The number of carbonyl (C=O) groups excluding carboxylic acids is 2. The number of unbranched alkanes of at least 4 members (excludes halogenated alkanes) is 1. The lowest BCUT2D eigenvalue weighted by atomic mass is 10.1. The molecule has 1 amide bonds. The van der Waals surface area contributed by atoms with E-state index >= 15 is 0 Å². The lowest BCUT2D eigenvalue weighted by molar-refractivity contribution is -0.128. The molecule has 0 atom stereocenters. The zero-order valence-corrected chi connectivity index (χ0v) is 18.3. The van der Waals surface area contributed by atoms with Crippen molar-refractivity contribution in [3.05, 3.63) is 88.8 Å². The van der Waals surface area contributed by atoms with Crippen LogP contribution < -0.4 is 20.4 Å². The summed E-state index contributed by atoms with van der Waals surface area (Å²) in [6.07, 6.45) is 6.51. The molecule has 2 aromatic carbocycles. The minimum Gasteiger partial charge on any atom is -0.494 e. The minimum atomic E-state index is -0.783. The van der Waals surface area contributed by atoms with Crippen molar-refractivity contribution in [1.29, 1.82) is 0 Å². The van der Waals surface area contributed by atoms with Gasteiger partial charge in [-0.1, -0.05) is 31.6 Å². The van der Waals surface area contributed by atoms with Gasteiger partial charge < -0.3 is 19.2 Å². The summed E-state index contributed by atoms with van der Waals surface area (Å²) >= 11 is 0. The Balaban J connectivity index is 1.65. The van der Waals surface area contributed by atoms with E-state index in [0.29, 0.717) is 12.0 Å². The smallest absolute Gasteiger partial charge is 0.349 e. The molecule has 0 radical (unpaired) electrons. The third kappa shape index (κ3) is 6.67. The Labute approximate surface area is 191 Å². The second-order valence-electron chi connectivity index (χ2n) is 7.17. The van der Waals surface area contributed by atoms with E-state index in [2.05, 4.69) is 18.8 Å². The van der Waals surface area contributed by atoms with Crippen molar-refractivity contribution in [1.82, 2.24) is 5.32 Å². The van der Waals surface area contributed by atoms with Crippen LogP contribution in [0.2, 0.25) is 0 Å². The van der Waals surface area contributed by atoms with Gasteiger partial charge in [0.2, 0.25) is 0 Å². The van der Waals surface area contributed by atoms with Crippen LogP contribution in [0.15, 0.2) is 76.5 Å². The predicted molar refractivity (Wildman–Crippen MR) is 127 cm³/mol. The molecule has 0 saturated carbocycles. The van der Waals surface area contributed by atoms with Crippen molar-refractivity contribution in [3.8, 4) is 11.5 Å². The number of carbonyl (C=O) groups is 2. The number of benzene rings is 2. The topological polar surface area (TPSA) is 94.8 Å². The van der Waals surface area contributed by atoms with Crippen LogP contribution in [0, 0.1) is 0 Å². The van der Waals surface area contributed by atoms with Crippen molar-refractivity contribution in [2.45, 2.75) is 19.8 Å². The zero-order valence-electron chi connectivity index (χ0n) is 18.3. The molecular weight excluding hydrogens is 422 g/mol. The second-order valence-corrected chi connectivity index (χ2v) is 7.17. The van der Waals surface area contributed by atoms with E-state index < -0.39 is 17.5 Å². The van der Waals surface area contributed by atoms with Crippen LogP contribution in [0.25, 0.3) is 17.0 Å². The molecule has 0 unspecified atom stereocenters. The first-order valence-electron chi connectivity index (χ1n) is 10.6. The van der Waals surface area contributed by atoms with Gasteiger partial charge in [-0.05, 0) is 48.4 Å². The summed E-state index contributed by atoms with van der Waals surface area (Å²) < 4.78 is 16.1. The lowest BCUT2D eigenvalue weighted by Gasteiger charge is -2.06. The summed E-state index contributed by atoms with van der Waals surface area (Å²) in [6.45, 7) is 6.52. The molecule has 7 nitrogen and oxygen atoms in total. The fraction of sp³-hybridized carbons (Fsp3) is 0.192. The molecule has 0 aliphatic rings. The largest absolute Gasteiger partial charge is 0.494 e. The number of fused-ring (bicyclic) bond motifs is 1. The van der Waals surface area contributed by atoms with Gasteiger partial charge >= 0.3 is 11.6 Å². The fourth-order valence-electron chi connectivity index (χ4n) is 2.90. The summed E-state index contributed by atoms with van der Waals surface area (Å²) in [5.41, 5.74) is 0.128. The van der Waals surface area contributed by atoms with Crippen molar-refractivity contribution in [3.63, 3.8) is 0 Å². The SMILES string of the molecule is C=CCNC(=O)c1cc2ccc(OC(=O)/C=C/c3ccc(OCCCC)cc3)cc2oc1=O. The van der Waals surface area contributed by atoms with Gasteiger partial charge in [-0.15, -0.1) is 6.58 Å². The summed E-state index contributed by atoms with van der Waals surface area (Å²) in [6, 6.07) is 13.4. The van der Waals surface area contributed by atoms with Crippen LogP contribution in [0.3, 0.4) is 0 Å². The number of hydrogen-bond donors (Lipinski definition) is 1. The standard InChI is InChI=1S/C26H25NO6/c1-3-5-15-31-20-10-6-18(7-11-20)8-13-24(28)32-21-12-9-19-16-22(25(29)27-14-4-2)26(30)33-23(19)17-21/h4,6-13,16-17H,2-3,5,14-15H2,1H3,(H,27,29)/b13-8+. The van der Waals surface area contributed by atoms with Crippen molar-refractivity contribution >= 4 is 28.9 Å². The average molecular weight is 447 g/mol. The number of nitrogens with one attached hydrogen (secondary N) is 1. The second kappa shape index (κ2) is 11.5. The maximum atomic E-state index is 12.2. The van der Waals surface area contributed by atoms with Crippen LogP contribution in [0.5, 0.6) is 11.5 Å². The van der Waals surface area contributed by atoms with E-state index in [4.69, 9.17) is 13.9 Å². The van der Waals surface area contributed by atoms with Crippen LogP contribution in [-0.4, -0.2) is 25.0 Å². The van der Waals surface area contributed by atoms with Gasteiger partial charge in [0.05, 0.1) is 6.61 Å². The van der Waals surface area contributed by atoms with Crippen LogP contribution in [0.4, 0.5) is 0 Å². The van der Waals surface area contributed by atoms with Crippen molar-refractivity contribution < 1.29 is 23.5 Å². The zero-order chi connectivity index (χ0) is 23.6. The van der Waals surface area contributed by atoms with E-state index in [1.54, 1.807) is 18.2 Å². The van der Waals surface area contributed by atoms with Gasteiger partial charge in [0.25, 0.3) is 5.91 Å². The first-order chi connectivity index (χ1) is 16.0. The van der Waals surface area contributed by atoms with Crippen LogP contribution in [0.1, 0.15) is 35.7 Å². The van der Waals surface area contributed by atoms with Gasteiger partial charge in [0, 0.05) is 24.1 Å². The third-order valence-electron chi connectivity index (χ3n) is 4.64. The molecule has 1 aromatic heterocycles. The molecule has 0 saturated heterocycles. The maximum absolute atomic E-state index is 12.2. The minimum absolute atomic E-state index is 0.112. The fourth-order valence-corrected chi connectivity index (χ4v) is 2.90. The van der Waals surface area contributed by atoms with Gasteiger partial charge in [0.1, 0.15) is 22.6 Å². The number of ether oxygens (including phenoxy) is 2. The molecule has 3 aromatic rings. The molecule has 33 heavy (non-hydrogen) atoms. The Morgan fingerprint density at radius 3 is 2.58 bits per heavy atom. The molecule has 170 valence electrons. The molecule has 0 fully saturated rings. The van der Waals surface area contributed by atoms with E-state index in [9.17, 15) is 14.4 Å². The Morgan fingerprint density at radius 1 is 1.09 bits per heavy atom. The third-order valence-corrected chi connectivity index (χ3v) is 4.64. The monoisotopic (exact) mass is 447 g/mol. The Morgan fingerprint density at radius 2 is 1.85 bits per heavy atom. The highest BCUT2D eigenvalue weighted by Gasteiger charge is 2.13. The number of esters is 1. The first-order valence-corrected chi connectivity index (χ1v) is 10.6. The molecular formula is C26H25NO6. The molecule has 3 rings (SSSR count). The van der Waals surface area contributed by atoms with Crippen LogP contribution >= 0.6 is 0 Å². The first kappa shape index (κ1) is 23.5. The predicted octanol–water partition coefficient (Wildman–Crippen LogP) is 4.51. The summed E-state index contributed by atoms with van der Waals surface area (Å²) in [5, 5.41) is 3.06. The molecule has 1 heterocycles. The highest BCUT2D eigenvalue weighted by molar-refractivity contribution is 5.97. The summed E-state index contributed by atoms with van der Waals surface area (Å²) in [7, 11) is 0. The van der Waals surface area contributed by atoms with E-state index in [-0.39, 0.29) is 23.4 Å². The van der Waals surface area contributed by atoms with Crippen LogP contribution in [-0.2, 0) is 4.79 Å². The maximum Gasteiger partial charge on any atom is 0.349 e. The summed E-state index contributed by atoms with van der Waals surface area (Å²) in [5.74, 6) is -0.141. The Bertz CT molecular complexity index is 1220. The average Bonchev–Trinajstić information content (AvgIpc) is 2.81. The van der Waals surface area contributed by atoms with E-state index in [0.717, 1.165) is 24.2 Å². The highest BCUT2D eigenvalue weighted by Crippen LogP contribution is 2.21. The quantitative estimate of drug-likeness (QED) is 0.123. The molecule has 0 spiro atoms. The number of hydrogen-bond acceptors (Lipinski definition) is 6. The molecule has 7 heteroatoms. The molecule has 1 N–H and O–H groups in total. The summed E-state index contributed by atoms with van der Waals surface area (Å²) in [4.78, 5) is 36.4. The van der Waals surface area contributed by atoms with Gasteiger partial charge in [-0.3, -0.25) is 4.79 Å². The highest BCUT2D eigenvalue weighted by atomic mass is 16.5. The van der Waals surface area contributed by atoms with E-state index in [1.807, 2.05) is 24.3 Å². The number of amides is 1. The van der Waals surface area contributed by atoms with Gasteiger partial charge in [-0.2, -0.15) is 0 Å². The van der Waals surface area contributed by atoms with E-state index in [1.165, 1.54) is 24.3 Å². The van der Waals surface area contributed by atoms with Crippen molar-refractivity contribution in [2.75, 3.05) is 13.2 Å². The normalized spacial score (nSPS) is 10.8. The van der Waals surface area contributed by atoms with Crippen molar-refractivity contribution in [2.24, 2.45) is 0 Å². The van der Waals surface area contributed by atoms with Gasteiger partial charge in [0.15, 0.2) is 0 Å². The Kier molecular flexibility index (Phi) is 8.18. The Hall–Kier alpha value is -4.13. The number of rotatable bonds is 10.